The molecule has 43 heavy (non-hydrogen) atoms. The maximum Gasteiger partial charge on any atom is 0.253 e. The van der Waals surface area contributed by atoms with Gasteiger partial charge in [-0.1, -0.05) is 60.7 Å². The molecule has 1 N–H and O–H groups in total. The third kappa shape index (κ3) is 7.14. The predicted octanol–water partition coefficient (Wildman–Crippen LogP) is 5.99. The Morgan fingerprint density at radius 3 is 2.40 bits per heavy atom. The quantitative estimate of drug-likeness (QED) is 0.231. The van der Waals surface area contributed by atoms with Gasteiger partial charge in [-0.2, -0.15) is 9.97 Å². The van der Waals surface area contributed by atoms with Crippen LogP contribution < -0.4 is 10.2 Å². The van der Waals surface area contributed by atoms with Gasteiger partial charge in [0.05, 0.1) is 12.9 Å². The van der Waals surface area contributed by atoms with Gasteiger partial charge in [0.1, 0.15) is 12.4 Å². The number of aromatic nitrogens is 4. The molecule has 2 unspecified atom stereocenters. The largest absolute Gasteiger partial charge is 0.358 e. The molecular formula is C33H39FN8O. The molecule has 0 amide bonds. The number of benzene rings is 2. The number of imidazole rings is 1. The first-order valence-corrected chi connectivity index (χ1v) is 15.2. The zero-order valence-electron chi connectivity index (χ0n) is 24.7. The fourth-order valence-electron chi connectivity index (χ4n) is 5.72. The lowest BCUT2D eigenvalue weighted by atomic mass is 9.94. The molecule has 2 aliphatic rings. The molecule has 9 nitrogen and oxygen atoms in total. The summed E-state index contributed by atoms with van der Waals surface area (Å²) >= 11 is 0. The minimum absolute atomic E-state index is 0.139. The van der Waals surface area contributed by atoms with Gasteiger partial charge in [0.25, 0.3) is 5.95 Å². The Morgan fingerprint density at radius 1 is 1.00 bits per heavy atom. The molecule has 6 rings (SSSR count). The van der Waals surface area contributed by atoms with Crippen molar-refractivity contribution in [2.45, 2.75) is 64.0 Å². The topological polar surface area (TPSA) is 92.8 Å². The molecule has 2 fully saturated rings. The van der Waals surface area contributed by atoms with Gasteiger partial charge in [-0.15, -0.1) is 0 Å². The molecule has 2 aromatic heterocycles. The Kier molecular flexibility index (Phi) is 9.44. The molecule has 1 saturated carbocycles. The highest BCUT2D eigenvalue weighted by Crippen LogP contribution is 2.32. The number of nitrogens with one attached hydrogen (secondary N) is 1. The minimum Gasteiger partial charge on any atom is -0.358 e. The van der Waals surface area contributed by atoms with Crippen LogP contribution in [0.1, 0.15) is 55.9 Å². The van der Waals surface area contributed by atoms with E-state index in [2.05, 4.69) is 39.5 Å². The van der Waals surface area contributed by atoms with E-state index in [0.717, 1.165) is 42.6 Å². The molecule has 2 aromatic carbocycles. The van der Waals surface area contributed by atoms with Crippen molar-refractivity contribution in [2.24, 2.45) is 9.98 Å². The number of hydrogen-bond donors (Lipinski definition) is 1. The van der Waals surface area contributed by atoms with Crippen molar-refractivity contribution in [3.05, 3.63) is 78.1 Å². The Labute approximate surface area is 252 Å². The van der Waals surface area contributed by atoms with E-state index in [-0.39, 0.29) is 12.6 Å². The van der Waals surface area contributed by atoms with Crippen molar-refractivity contribution in [1.82, 2.24) is 24.8 Å². The molecule has 0 radical (unpaired) electrons. The number of alkyl halides is 1. The Morgan fingerprint density at radius 2 is 1.74 bits per heavy atom. The third-order valence-corrected chi connectivity index (χ3v) is 7.97. The number of ether oxygens (including phenoxy) is 1. The van der Waals surface area contributed by atoms with Crippen molar-refractivity contribution in [2.75, 3.05) is 31.6 Å². The zero-order valence-corrected chi connectivity index (χ0v) is 24.7. The molecule has 2 atom stereocenters. The van der Waals surface area contributed by atoms with Gasteiger partial charge in [0.2, 0.25) is 0 Å². The standard InChI is InChI=1S/C33H39FN8O/c1-35-17-18-36-28-16-15-26(20-27(28)34)38-33-39-31(30-32(40-33)42(23-37-30)29-14-8-9-19-43-29)41(21-24-10-4-2-5-11-24)22-25-12-6-3-7-13-25/h2-7,10-13,23,27,29,35H,8-9,14-22H2,1H3. The maximum atomic E-state index is 15.1. The number of nitrogens with zero attached hydrogens (tertiary/aromatic N) is 7. The average molecular weight is 583 g/mol. The molecule has 0 bridgehead atoms. The number of fused-ring (bicyclic) bond motifs is 1. The molecule has 1 saturated heterocycles. The Balaban J connectivity index is 1.40. The summed E-state index contributed by atoms with van der Waals surface area (Å²) in [6.07, 6.45) is 4.96. The molecule has 1 aliphatic carbocycles. The van der Waals surface area contributed by atoms with Crippen LogP contribution in [0.5, 0.6) is 0 Å². The molecule has 1 aliphatic heterocycles. The third-order valence-electron chi connectivity index (χ3n) is 7.97. The summed E-state index contributed by atoms with van der Waals surface area (Å²) in [5.41, 5.74) is 5.08. The Hall–Kier alpha value is -4.02. The molecule has 224 valence electrons. The minimum atomic E-state index is -1.14. The first-order valence-electron chi connectivity index (χ1n) is 15.2. The summed E-state index contributed by atoms with van der Waals surface area (Å²) in [7, 11) is 1.87. The van der Waals surface area contributed by atoms with E-state index in [0.29, 0.717) is 67.7 Å². The Bertz CT molecular complexity index is 1510. The average Bonchev–Trinajstić information content (AvgIpc) is 3.47. The number of hydrogen-bond acceptors (Lipinski definition) is 8. The summed E-state index contributed by atoms with van der Waals surface area (Å²) in [4.78, 5) is 26.3. The van der Waals surface area contributed by atoms with Crippen LogP contribution in [-0.2, 0) is 17.8 Å². The first-order chi connectivity index (χ1) is 21.2. The van der Waals surface area contributed by atoms with Crippen LogP contribution in [0.3, 0.4) is 0 Å². The second-order valence-electron chi connectivity index (χ2n) is 11.1. The number of anilines is 1. The van der Waals surface area contributed by atoms with Gasteiger partial charge in [0.15, 0.2) is 17.0 Å². The van der Waals surface area contributed by atoms with Gasteiger partial charge in [-0.05, 0) is 50.3 Å². The van der Waals surface area contributed by atoms with Crippen molar-refractivity contribution in [3.63, 3.8) is 0 Å². The monoisotopic (exact) mass is 582 g/mol. The smallest absolute Gasteiger partial charge is 0.253 e. The lowest BCUT2D eigenvalue weighted by Gasteiger charge is -2.26. The molecule has 10 heteroatoms. The lowest BCUT2D eigenvalue weighted by molar-refractivity contribution is -0.0298. The van der Waals surface area contributed by atoms with Crippen molar-refractivity contribution in [3.8, 4) is 0 Å². The summed E-state index contributed by atoms with van der Waals surface area (Å²) in [6, 6.07) is 20.7. The molecule has 4 aromatic rings. The van der Waals surface area contributed by atoms with E-state index in [1.807, 2.05) is 54.3 Å². The normalized spacial score (nSPS) is 21.1. The first kappa shape index (κ1) is 29.1. The summed E-state index contributed by atoms with van der Waals surface area (Å²) in [5, 5.41) is 3.06. The number of likely N-dealkylation sites (N-methyl/N-ethyl adjacent to an activating group) is 1. The number of aliphatic imine (C=N–C) groups is 2. The molecular weight excluding hydrogens is 543 g/mol. The van der Waals surface area contributed by atoms with Crippen LogP contribution in [0.15, 0.2) is 77.0 Å². The van der Waals surface area contributed by atoms with Gasteiger partial charge >= 0.3 is 0 Å². The molecule has 0 spiro atoms. The highest BCUT2D eigenvalue weighted by Gasteiger charge is 2.26. The van der Waals surface area contributed by atoms with E-state index >= 15 is 4.39 Å². The van der Waals surface area contributed by atoms with Crippen molar-refractivity contribution >= 4 is 34.4 Å². The second kappa shape index (κ2) is 14.0. The predicted molar refractivity (Wildman–Crippen MR) is 169 cm³/mol. The van der Waals surface area contributed by atoms with Crippen molar-refractivity contribution < 1.29 is 9.13 Å². The highest BCUT2D eigenvalue weighted by atomic mass is 19.1. The second-order valence-corrected chi connectivity index (χ2v) is 11.1. The van der Waals surface area contributed by atoms with Crippen LogP contribution in [-0.4, -0.2) is 63.9 Å². The van der Waals surface area contributed by atoms with Gasteiger partial charge in [-0.3, -0.25) is 9.56 Å². The van der Waals surface area contributed by atoms with Gasteiger partial charge in [0, 0.05) is 44.1 Å². The summed E-state index contributed by atoms with van der Waals surface area (Å²) in [5.74, 6) is 1.03. The fraction of sp³-hybridized carbons (Fsp3) is 0.424. The van der Waals surface area contributed by atoms with E-state index < -0.39 is 6.17 Å². The lowest BCUT2D eigenvalue weighted by Crippen LogP contribution is -2.27. The number of rotatable bonds is 10. The SMILES string of the molecule is CNCCN=C1CCC(=Nc2nc(N(Cc3ccccc3)Cc3ccccc3)c3ncn(C4CCCCO4)c3n2)CC1F. The molecule has 3 heterocycles. The van der Waals surface area contributed by atoms with Crippen LogP contribution in [0.2, 0.25) is 0 Å². The van der Waals surface area contributed by atoms with Crippen molar-refractivity contribution in [1.29, 1.82) is 0 Å². The van der Waals surface area contributed by atoms with E-state index in [1.165, 1.54) is 0 Å². The van der Waals surface area contributed by atoms with E-state index in [9.17, 15) is 0 Å². The van der Waals surface area contributed by atoms with Crippen LogP contribution in [0.25, 0.3) is 11.2 Å². The maximum absolute atomic E-state index is 15.1. The summed E-state index contributed by atoms with van der Waals surface area (Å²) < 4.78 is 23.3. The zero-order chi connectivity index (χ0) is 29.4. The fourth-order valence-corrected chi connectivity index (χ4v) is 5.72. The van der Waals surface area contributed by atoms with Crippen LogP contribution in [0.4, 0.5) is 16.2 Å². The van der Waals surface area contributed by atoms with Gasteiger partial charge in [-0.25, -0.2) is 14.4 Å². The van der Waals surface area contributed by atoms with Gasteiger partial charge < -0.3 is 15.0 Å². The van der Waals surface area contributed by atoms with E-state index in [1.54, 1.807) is 0 Å². The van der Waals surface area contributed by atoms with Crippen LogP contribution >= 0.6 is 0 Å². The van der Waals surface area contributed by atoms with Crippen LogP contribution in [0, 0.1) is 0 Å². The van der Waals surface area contributed by atoms with E-state index in [4.69, 9.17) is 24.7 Å². The highest BCUT2D eigenvalue weighted by molar-refractivity contribution is 6.02. The summed E-state index contributed by atoms with van der Waals surface area (Å²) in [6.45, 7) is 3.28. The number of halogens is 1.